The van der Waals surface area contributed by atoms with Crippen LogP contribution in [0.5, 0.6) is 5.75 Å². The quantitative estimate of drug-likeness (QED) is 0.339. The number of terminal acetylenes is 1. The minimum absolute atomic E-state index is 0.365. The number of hydrogen-bond donors (Lipinski definition) is 1. The van der Waals surface area contributed by atoms with E-state index in [4.69, 9.17) is 11.2 Å². The van der Waals surface area contributed by atoms with E-state index in [1.807, 2.05) is 53.1 Å². The van der Waals surface area contributed by atoms with Crippen LogP contribution in [0.2, 0.25) is 0 Å². The first-order valence-corrected chi connectivity index (χ1v) is 10.9. The highest BCUT2D eigenvalue weighted by Crippen LogP contribution is 2.41. The summed E-state index contributed by atoms with van der Waals surface area (Å²) in [7, 11) is 1.66. The van der Waals surface area contributed by atoms with Crippen LogP contribution in [0, 0.1) is 12.3 Å². The third-order valence-electron chi connectivity index (χ3n) is 5.67. The van der Waals surface area contributed by atoms with E-state index < -0.39 is 0 Å². The maximum absolute atomic E-state index is 5.78. The molecule has 5 rings (SSSR count). The van der Waals surface area contributed by atoms with Gasteiger partial charge in [0.15, 0.2) is 5.65 Å². The second-order valence-corrected chi connectivity index (χ2v) is 7.71. The SMILES string of the molecule is C#CCn1c(-c2cccnc2NCc2ccc(OC)cc2)c(-c2ccccc2)c2nccnc21. The van der Waals surface area contributed by atoms with Crippen molar-refractivity contribution in [2.75, 3.05) is 12.4 Å². The van der Waals surface area contributed by atoms with Crippen LogP contribution in [-0.2, 0) is 13.1 Å². The second kappa shape index (κ2) is 9.47. The Bertz CT molecular complexity index is 1470. The summed E-state index contributed by atoms with van der Waals surface area (Å²) in [5.41, 5.74) is 6.58. The van der Waals surface area contributed by atoms with Crippen molar-refractivity contribution in [1.29, 1.82) is 0 Å². The molecule has 0 amide bonds. The Morgan fingerprint density at radius 1 is 0.912 bits per heavy atom. The van der Waals surface area contributed by atoms with Gasteiger partial charge in [-0.3, -0.25) is 4.98 Å². The number of methoxy groups -OCH3 is 1. The fourth-order valence-corrected chi connectivity index (χ4v) is 4.13. The Kier molecular flexibility index (Phi) is 5.91. The Balaban J connectivity index is 1.66. The molecule has 3 aromatic heterocycles. The summed E-state index contributed by atoms with van der Waals surface area (Å²) in [6, 6.07) is 22.2. The van der Waals surface area contributed by atoms with Crippen molar-refractivity contribution in [2.24, 2.45) is 0 Å². The molecule has 0 spiro atoms. The number of nitrogens with zero attached hydrogens (tertiary/aromatic N) is 4. The smallest absolute Gasteiger partial charge is 0.160 e. The monoisotopic (exact) mass is 445 g/mol. The summed E-state index contributed by atoms with van der Waals surface area (Å²) in [6.45, 7) is 0.977. The summed E-state index contributed by atoms with van der Waals surface area (Å²) in [4.78, 5) is 14.0. The van der Waals surface area contributed by atoms with Crippen LogP contribution in [0.4, 0.5) is 5.82 Å². The summed E-state index contributed by atoms with van der Waals surface area (Å²) in [5, 5.41) is 3.50. The molecule has 0 aliphatic heterocycles. The number of ether oxygens (including phenoxy) is 1. The molecular formula is C28H23N5O. The van der Waals surface area contributed by atoms with Gasteiger partial charge < -0.3 is 14.6 Å². The molecule has 166 valence electrons. The standard InChI is InChI=1S/C28H23N5O/c1-3-18-33-26(24(21-8-5-4-6-9-21)25-28(33)31-17-16-29-25)23-10-7-15-30-27(23)32-19-20-11-13-22(34-2)14-12-20/h1,4-17H,18-19H2,2H3,(H,30,32). The Morgan fingerprint density at radius 3 is 2.47 bits per heavy atom. The van der Waals surface area contributed by atoms with Gasteiger partial charge in [-0.05, 0) is 35.4 Å². The first kappa shape index (κ1) is 21.2. The van der Waals surface area contributed by atoms with Crippen molar-refractivity contribution in [1.82, 2.24) is 19.5 Å². The van der Waals surface area contributed by atoms with E-state index in [1.54, 1.807) is 25.7 Å². The van der Waals surface area contributed by atoms with Crippen LogP contribution in [-0.4, -0.2) is 26.6 Å². The number of aromatic nitrogens is 4. The highest BCUT2D eigenvalue weighted by atomic mass is 16.5. The zero-order valence-corrected chi connectivity index (χ0v) is 18.8. The Morgan fingerprint density at radius 2 is 1.71 bits per heavy atom. The summed E-state index contributed by atoms with van der Waals surface area (Å²) >= 11 is 0. The van der Waals surface area contributed by atoms with Gasteiger partial charge in [-0.15, -0.1) is 6.42 Å². The second-order valence-electron chi connectivity index (χ2n) is 7.71. The molecule has 0 atom stereocenters. The zero-order chi connectivity index (χ0) is 23.3. The van der Waals surface area contributed by atoms with Crippen LogP contribution in [0.1, 0.15) is 5.56 Å². The van der Waals surface area contributed by atoms with E-state index in [1.165, 1.54) is 0 Å². The number of hydrogen-bond acceptors (Lipinski definition) is 5. The lowest BCUT2D eigenvalue weighted by atomic mass is 10.0. The molecule has 0 fully saturated rings. The number of nitrogens with one attached hydrogen (secondary N) is 1. The van der Waals surface area contributed by atoms with Crippen LogP contribution >= 0.6 is 0 Å². The van der Waals surface area contributed by atoms with Gasteiger partial charge >= 0.3 is 0 Å². The third kappa shape index (κ3) is 3.96. The molecule has 0 unspecified atom stereocenters. The molecule has 6 heteroatoms. The maximum Gasteiger partial charge on any atom is 0.160 e. The lowest BCUT2D eigenvalue weighted by Gasteiger charge is -2.15. The maximum atomic E-state index is 5.78. The van der Waals surface area contributed by atoms with E-state index in [-0.39, 0.29) is 0 Å². The molecule has 0 aliphatic carbocycles. The highest BCUT2D eigenvalue weighted by molar-refractivity contribution is 6.02. The van der Waals surface area contributed by atoms with E-state index >= 15 is 0 Å². The van der Waals surface area contributed by atoms with Crippen molar-refractivity contribution in [3.63, 3.8) is 0 Å². The van der Waals surface area contributed by atoms with Gasteiger partial charge in [0.25, 0.3) is 0 Å². The fraction of sp³-hybridized carbons (Fsp3) is 0.107. The number of rotatable bonds is 7. The van der Waals surface area contributed by atoms with Crippen LogP contribution < -0.4 is 10.1 Å². The Labute approximate surface area is 198 Å². The average Bonchev–Trinajstić information content (AvgIpc) is 3.22. The molecule has 6 nitrogen and oxygen atoms in total. The van der Waals surface area contributed by atoms with E-state index in [0.29, 0.717) is 13.1 Å². The van der Waals surface area contributed by atoms with Gasteiger partial charge in [0.2, 0.25) is 0 Å². The predicted octanol–water partition coefficient (Wildman–Crippen LogP) is 5.41. The van der Waals surface area contributed by atoms with Crippen molar-refractivity contribution < 1.29 is 4.74 Å². The molecule has 0 bridgehead atoms. The fourth-order valence-electron chi connectivity index (χ4n) is 4.13. The predicted molar refractivity (Wildman–Crippen MR) is 135 cm³/mol. The Hall–Kier alpha value is -4.63. The summed E-state index contributed by atoms with van der Waals surface area (Å²) in [6.07, 6.45) is 11.0. The number of pyridine rings is 1. The molecule has 0 aliphatic rings. The summed E-state index contributed by atoms with van der Waals surface area (Å²) in [5.74, 6) is 4.37. The van der Waals surface area contributed by atoms with Crippen molar-refractivity contribution in [2.45, 2.75) is 13.1 Å². The van der Waals surface area contributed by atoms with Crippen molar-refractivity contribution in [3.8, 4) is 40.5 Å². The molecule has 2 aromatic carbocycles. The van der Waals surface area contributed by atoms with Crippen LogP contribution in [0.3, 0.4) is 0 Å². The first-order chi connectivity index (χ1) is 16.8. The molecule has 0 saturated carbocycles. The van der Waals surface area contributed by atoms with Crippen molar-refractivity contribution >= 4 is 17.0 Å². The van der Waals surface area contributed by atoms with Gasteiger partial charge in [-0.1, -0.05) is 48.4 Å². The van der Waals surface area contributed by atoms with Crippen LogP contribution in [0.25, 0.3) is 33.5 Å². The van der Waals surface area contributed by atoms with E-state index in [2.05, 4.69) is 44.4 Å². The van der Waals surface area contributed by atoms with Gasteiger partial charge in [-0.25, -0.2) is 9.97 Å². The minimum Gasteiger partial charge on any atom is -0.497 e. The third-order valence-corrected chi connectivity index (χ3v) is 5.67. The number of anilines is 1. The largest absolute Gasteiger partial charge is 0.497 e. The lowest BCUT2D eigenvalue weighted by Crippen LogP contribution is -2.06. The first-order valence-electron chi connectivity index (χ1n) is 10.9. The molecule has 1 N–H and O–H groups in total. The highest BCUT2D eigenvalue weighted by Gasteiger charge is 2.23. The van der Waals surface area contributed by atoms with Gasteiger partial charge in [0.05, 0.1) is 19.3 Å². The molecule has 3 heterocycles. The lowest BCUT2D eigenvalue weighted by molar-refractivity contribution is 0.414. The molecule has 0 radical (unpaired) electrons. The zero-order valence-electron chi connectivity index (χ0n) is 18.8. The average molecular weight is 446 g/mol. The molecule has 34 heavy (non-hydrogen) atoms. The normalized spacial score (nSPS) is 10.7. The molecular weight excluding hydrogens is 422 g/mol. The van der Waals surface area contributed by atoms with Gasteiger partial charge in [-0.2, -0.15) is 0 Å². The minimum atomic E-state index is 0.365. The van der Waals surface area contributed by atoms with Crippen molar-refractivity contribution in [3.05, 3.63) is 90.9 Å². The summed E-state index contributed by atoms with van der Waals surface area (Å²) < 4.78 is 7.31. The van der Waals surface area contributed by atoms with E-state index in [9.17, 15) is 0 Å². The van der Waals surface area contributed by atoms with Crippen LogP contribution in [0.15, 0.2) is 85.3 Å². The van der Waals surface area contributed by atoms with Gasteiger partial charge in [0.1, 0.15) is 17.1 Å². The number of benzene rings is 2. The topological polar surface area (TPSA) is 64.9 Å². The number of fused-ring (bicyclic) bond motifs is 1. The molecule has 5 aromatic rings. The van der Waals surface area contributed by atoms with E-state index in [0.717, 1.165) is 50.7 Å². The molecule has 0 saturated heterocycles. The van der Waals surface area contributed by atoms with Gasteiger partial charge in [0, 0.05) is 36.3 Å².